The fourth-order valence-corrected chi connectivity index (χ4v) is 2.90. The predicted octanol–water partition coefficient (Wildman–Crippen LogP) is 3.76. The van der Waals surface area contributed by atoms with E-state index >= 15 is 0 Å². The molecule has 0 aliphatic rings. The number of rotatable bonds is 10. The largest absolute Gasteiger partial charge is 0.408 e. The highest BCUT2D eigenvalue weighted by Crippen LogP contribution is 2.28. The van der Waals surface area contributed by atoms with Crippen LogP contribution in [0.25, 0.3) is 11.5 Å². The summed E-state index contributed by atoms with van der Waals surface area (Å²) in [5.41, 5.74) is 0.827. The van der Waals surface area contributed by atoms with Crippen LogP contribution in [0.15, 0.2) is 46.6 Å². The third kappa shape index (κ3) is 5.98. The fraction of sp³-hybridized carbons (Fsp3) is 0.500. The predicted molar refractivity (Wildman–Crippen MR) is 107 cm³/mol. The third-order valence-corrected chi connectivity index (χ3v) is 5.11. The molecule has 0 fully saturated rings. The van der Waals surface area contributed by atoms with Gasteiger partial charge in [-0.2, -0.15) is 0 Å². The van der Waals surface area contributed by atoms with Crippen LogP contribution >= 0.6 is 0 Å². The molecule has 0 aliphatic heterocycles. The zero-order valence-electron chi connectivity index (χ0n) is 17.1. The van der Waals surface area contributed by atoms with Crippen LogP contribution in [0.1, 0.15) is 39.7 Å². The van der Waals surface area contributed by atoms with Gasteiger partial charge in [0, 0.05) is 11.8 Å². The van der Waals surface area contributed by atoms with Gasteiger partial charge in [0.1, 0.15) is 0 Å². The second-order valence-corrected chi connectivity index (χ2v) is 9.58. The lowest BCUT2D eigenvalue weighted by molar-refractivity contribution is -0.0682. The molecule has 0 bridgehead atoms. The van der Waals surface area contributed by atoms with Gasteiger partial charge in [0.15, 0.2) is 0 Å². The van der Waals surface area contributed by atoms with Crippen LogP contribution in [0.5, 0.6) is 0 Å². The van der Waals surface area contributed by atoms with Crippen molar-refractivity contribution in [1.29, 1.82) is 0 Å². The van der Waals surface area contributed by atoms with Crippen LogP contribution in [-0.2, 0) is 24.9 Å². The van der Waals surface area contributed by atoms with E-state index < -0.39 is 20.7 Å². The lowest BCUT2D eigenvalue weighted by Gasteiger charge is -2.30. The Morgan fingerprint density at radius 2 is 1.75 bits per heavy atom. The molecule has 0 N–H and O–H groups in total. The van der Waals surface area contributed by atoms with Gasteiger partial charge >= 0.3 is 5.22 Å². The number of aromatic nitrogens is 2. The molecule has 7 nitrogen and oxygen atoms in total. The van der Waals surface area contributed by atoms with Gasteiger partial charge < -0.3 is 13.9 Å². The van der Waals surface area contributed by atoms with Crippen molar-refractivity contribution in [2.45, 2.75) is 50.5 Å². The summed E-state index contributed by atoms with van der Waals surface area (Å²) < 4.78 is 40.0. The van der Waals surface area contributed by atoms with Crippen molar-refractivity contribution in [2.75, 3.05) is 19.5 Å². The maximum atomic E-state index is 11.5. The molecular weight excluding hydrogens is 380 g/mol. The monoisotopic (exact) mass is 408 g/mol. The summed E-state index contributed by atoms with van der Waals surface area (Å²) in [5, 5.41) is 6.98. The Balaban J connectivity index is 2.03. The summed E-state index contributed by atoms with van der Waals surface area (Å²) in [5.74, 6) is 0.159. The summed E-state index contributed by atoms with van der Waals surface area (Å²) >= 11 is 0. The van der Waals surface area contributed by atoms with Crippen molar-refractivity contribution >= 4 is 9.84 Å². The van der Waals surface area contributed by atoms with E-state index in [1.807, 2.05) is 39.8 Å². The van der Waals surface area contributed by atoms with Gasteiger partial charge in [-0.3, -0.25) is 0 Å². The molecule has 0 atom stereocenters. The van der Waals surface area contributed by atoms with Gasteiger partial charge in [0.25, 0.3) is 0 Å². The highest BCUT2D eigenvalue weighted by molar-refractivity contribution is 7.90. The number of benzene rings is 1. The number of hydrogen-bond donors (Lipinski definition) is 0. The molecule has 8 heteroatoms. The fourth-order valence-electron chi connectivity index (χ4n) is 2.48. The highest BCUT2D eigenvalue weighted by Gasteiger charge is 2.25. The number of ether oxygens (including phenoxy) is 2. The molecule has 0 saturated carbocycles. The van der Waals surface area contributed by atoms with Gasteiger partial charge in [0.2, 0.25) is 15.7 Å². The molecule has 0 spiro atoms. The van der Waals surface area contributed by atoms with Crippen molar-refractivity contribution in [3.05, 3.63) is 42.5 Å². The van der Waals surface area contributed by atoms with Crippen molar-refractivity contribution in [2.24, 2.45) is 0 Å². The normalized spacial score (nSPS) is 12.9. The Morgan fingerprint density at radius 1 is 1.11 bits per heavy atom. The molecule has 0 aliphatic carbocycles. The van der Waals surface area contributed by atoms with E-state index in [4.69, 9.17) is 13.9 Å². The summed E-state index contributed by atoms with van der Waals surface area (Å²) in [6.07, 6.45) is 3.51. The first-order chi connectivity index (χ1) is 12.9. The van der Waals surface area contributed by atoms with Crippen LogP contribution in [0.2, 0.25) is 0 Å². The van der Waals surface area contributed by atoms with E-state index in [2.05, 4.69) is 16.8 Å². The Morgan fingerprint density at radius 3 is 2.29 bits per heavy atom. The second-order valence-electron chi connectivity index (χ2n) is 7.69. The molecule has 1 heterocycles. The third-order valence-electron chi connectivity index (χ3n) is 4.31. The molecule has 154 valence electrons. The lowest BCUT2D eigenvalue weighted by atomic mass is 9.96. The van der Waals surface area contributed by atoms with E-state index in [-0.39, 0.29) is 11.5 Å². The number of hydrogen-bond acceptors (Lipinski definition) is 7. The van der Waals surface area contributed by atoms with E-state index in [1.54, 1.807) is 18.2 Å². The Kier molecular flexibility index (Phi) is 6.80. The first kappa shape index (κ1) is 22.3. The number of nitrogens with zero attached hydrogens (tertiary/aromatic N) is 2. The average molecular weight is 409 g/mol. The molecule has 0 saturated heterocycles. The molecule has 1 aromatic heterocycles. The van der Waals surface area contributed by atoms with Crippen LogP contribution in [0, 0.1) is 0 Å². The lowest BCUT2D eigenvalue weighted by Crippen LogP contribution is -2.29. The molecule has 0 amide bonds. The standard InChI is InChI=1S/C20H28N2O5S/c1-7-13-25-19(2,3)12-14-26-20(4,5)16-10-8-15(9-11-16)17-21-22-18(27-17)28(6,23)24/h7-11H,1,12-14H2,2-6H3. The van der Waals surface area contributed by atoms with Crippen LogP contribution in [0.3, 0.4) is 0 Å². The maximum absolute atomic E-state index is 11.5. The summed E-state index contributed by atoms with van der Waals surface area (Å²) in [6.45, 7) is 12.8. The zero-order valence-corrected chi connectivity index (χ0v) is 17.9. The van der Waals surface area contributed by atoms with Gasteiger partial charge in [0.05, 0.1) is 24.4 Å². The van der Waals surface area contributed by atoms with Crippen LogP contribution < -0.4 is 0 Å². The van der Waals surface area contributed by atoms with E-state index in [0.29, 0.717) is 18.8 Å². The molecule has 1 aromatic carbocycles. The van der Waals surface area contributed by atoms with Crippen LogP contribution in [0.4, 0.5) is 0 Å². The SMILES string of the molecule is C=CCOC(C)(C)CCOC(C)(C)c1ccc(-c2nnc(S(C)(=O)=O)o2)cc1. The Labute approximate surface area is 166 Å². The Bertz CT molecular complexity index is 899. The Hall–Kier alpha value is -2.03. The molecule has 28 heavy (non-hydrogen) atoms. The smallest absolute Gasteiger partial charge is 0.335 e. The van der Waals surface area contributed by atoms with E-state index in [9.17, 15) is 8.42 Å². The summed E-state index contributed by atoms with van der Waals surface area (Å²) in [7, 11) is -3.53. The van der Waals surface area contributed by atoms with E-state index in [1.165, 1.54) is 0 Å². The molecule has 0 radical (unpaired) electrons. The zero-order chi connectivity index (χ0) is 21.0. The number of sulfone groups is 1. The average Bonchev–Trinajstić information content (AvgIpc) is 3.10. The molecular formula is C20H28N2O5S. The minimum atomic E-state index is -3.53. The van der Waals surface area contributed by atoms with Crippen molar-refractivity contribution in [1.82, 2.24) is 10.2 Å². The topological polar surface area (TPSA) is 91.5 Å². The first-order valence-corrected chi connectivity index (χ1v) is 10.9. The van der Waals surface area contributed by atoms with E-state index in [0.717, 1.165) is 18.2 Å². The highest BCUT2D eigenvalue weighted by atomic mass is 32.2. The van der Waals surface area contributed by atoms with Gasteiger partial charge in [-0.1, -0.05) is 23.3 Å². The minimum Gasteiger partial charge on any atom is -0.408 e. The molecule has 2 aromatic rings. The van der Waals surface area contributed by atoms with Crippen molar-refractivity contribution in [3.8, 4) is 11.5 Å². The van der Waals surface area contributed by atoms with Crippen molar-refractivity contribution in [3.63, 3.8) is 0 Å². The quantitative estimate of drug-likeness (QED) is 0.553. The summed E-state index contributed by atoms with van der Waals surface area (Å²) in [6, 6.07) is 7.41. The van der Waals surface area contributed by atoms with Gasteiger partial charge in [-0.15, -0.1) is 11.7 Å². The molecule has 2 rings (SSSR count). The van der Waals surface area contributed by atoms with Gasteiger partial charge in [-0.05, 0) is 51.8 Å². The maximum Gasteiger partial charge on any atom is 0.335 e. The van der Waals surface area contributed by atoms with Crippen molar-refractivity contribution < 1.29 is 22.3 Å². The summed E-state index contributed by atoms with van der Waals surface area (Å²) in [4.78, 5) is 0. The minimum absolute atomic E-state index is 0.159. The molecule has 0 unspecified atom stereocenters. The van der Waals surface area contributed by atoms with Crippen LogP contribution in [-0.4, -0.2) is 43.7 Å². The second kappa shape index (κ2) is 8.55. The van der Waals surface area contributed by atoms with Gasteiger partial charge in [-0.25, -0.2) is 8.42 Å². The first-order valence-electron chi connectivity index (χ1n) is 8.98.